The normalized spacial score (nSPS) is 17.6. The zero-order valence-corrected chi connectivity index (χ0v) is 15.3. The molecule has 8 heteroatoms. The Balaban J connectivity index is 1.84. The van der Waals surface area contributed by atoms with Crippen molar-refractivity contribution in [3.8, 4) is 23.0 Å². The van der Waals surface area contributed by atoms with Crippen LogP contribution in [0.15, 0.2) is 23.7 Å². The first-order valence-corrected chi connectivity index (χ1v) is 9.52. The number of rotatable bonds is 3. The van der Waals surface area contributed by atoms with Crippen molar-refractivity contribution in [3.05, 3.63) is 33.7 Å². The van der Waals surface area contributed by atoms with Gasteiger partial charge < -0.3 is 4.74 Å². The third-order valence-corrected chi connectivity index (χ3v) is 6.02. The van der Waals surface area contributed by atoms with Crippen LogP contribution in [0.4, 0.5) is 0 Å². The molecule has 0 N–H and O–H groups in total. The predicted octanol–water partition coefficient (Wildman–Crippen LogP) is 4.55. The van der Waals surface area contributed by atoms with Crippen LogP contribution in [0.1, 0.15) is 24.5 Å². The summed E-state index contributed by atoms with van der Waals surface area (Å²) >= 11 is 7.81. The van der Waals surface area contributed by atoms with Crippen molar-refractivity contribution < 1.29 is 4.74 Å². The van der Waals surface area contributed by atoms with E-state index < -0.39 is 0 Å². The minimum atomic E-state index is 0.110. The van der Waals surface area contributed by atoms with Gasteiger partial charge in [-0.1, -0.05) is 30.7 Å². The summed E-state index contributed by atoms with van der Waals surface area (Å²) in [5.41, 5.74) is 3.55. The zero-order valence-electron chi connectivity index (χ0n) is 13.8. The van der Waals surface area contributed by atoms with Crippen LogP contribution in [0.25, 0.3) is 16.8 Å². The fourth-order valence-corrected chi connectivity index (χ4v) is 4.51. The molecule has 0 radical (unpaired) electrons. The van der Waals surface area contributed by atoms with Crippen LogP contribution in [-0.4, -0.2) is 28.4 Å². The van der Waals surface area contributed by atoms with Gasteiger partial charge in [0.05, 0.1) is 19.0 Å². The summed E-state index contributed by atoms with van der Waals surface area (Å²) in [6.45, 7) is 0.110. The maximum Gasteiger partial charge on any atom is 0.268 e. The van der Waals surface area contributed by atoms with Gasteiger partial charge in [0.25, 0.3) is 6.71 Å². The lowest BCUT2D eigenvalue weighted by Gasteiger charge is -2.23. The Kier molecular flexibility index (Phi) is 4.40. The molecular weight excluding hydrogens is 355 g/mol. The van der Waals surface area contributed by atoms with Gasteiger partial charge in [-0.05, 0) is 23.8 Å². The topological polar surface area (TPSA) is 63.2 Å². The molecule has 0 spiro atoms. The quantitative estimate of drug-likeness (QED) is 0.634. The Morgan fingerprint density at radius 1 is 1.48 bits per heavy atom. The van der Waals surface area contributed by atoms with E-state index in [2.05, 4.69) is 11.1 Å². The minimum absolute atomic E-state index is 0.110. The fourth-order valence-electron chi connectivity index (χ4n) is 3.56. The van der Waals surface area contributed by atoms with Crippen LogP contribution in [0.5, 0.6) is 5.88 Å². The Morgan fingerprint density at radius 3 is 3.08 bits per heavy atom. The molecule has 1 atom stereocenters. The van der Waals surface area contributed by atoms with Crippen molar-refractivity contribution in [2.45, 2.75) is 31.4 Å². The van der Waals surface area contributed by atoms with E-state index in [1.807, 2.05) is 17.5 Å². The average Bonchev–Trinajstić information content (AvgIpc) is 3.26. The van der Waals surface area contributed by atoms with Gasteiger partial charge in [-0.3, -0.25) is 0 Å². The molecule has 3 aromatic heterocycles. The summed E-state index contributed by atoms with van der Waals surface area (Å²) in [7, 11) is 1.64. The summed E-state index contributed by atoms with van der Waals surface area (Å²) < 4.78 is 7.97. The molecule has 0 saturated carbocycles. The van der Waals surface area contributed by atoms with Gasteiger partial charge in [0.1, 0.15) is 4.34 Å². The monoisotopic (exact) mass is 370 g/mol. The van der Waals surface area contributed by atoms with E-state index in [1.54, 1.807) is 17.8 Å². The summed E-state index contributed by atoms with van der Waals surface area (Å²) in [6.07, 6.45) is 5.72. The van der Waals surface area contributed by atoms with Gasteiger partial charge in [-0.25, -0.2) is 10.2 Å². The second-order valence-corrected chi connectivity index (χ2v) is 7.83. The van der Waals surface area contributed by atoms with Gasteiger partial charge in [0.15, 0.2) is 5.65 Å². The first-order chi connectivity index (χ1) is 12.2. The molecule has 4 heterocycles. The zero-order chi connectivity index (χ0) is 17.4. The molecule has 1 fully saturated rings. The number of hydrogen-bond donors (Lipinski definition) is 0. The van der Waals surface area contributed by atoms with Crippen LogP contribution in [-0.2, 0) is 0 Å². The second kappa shape index (κ2) is 6.70. The molecule has 1 aliphatic rings. The third-order valence-electron chi connectivity index (χ3n) is 4.85. The molecule has 0 aromatic carbocycles. The third kappa shape index (κ3) is 2.90. The van der Waals surface area contributed by atoms with Gasteiger partial charge in [-0.15, -0.1) is 11.3 Å². The van der Waals surface area contributed by atoms with Crippen molar-refractivity contribution in [1.29, 1.82) is 5.26 Å². The fraction of sp³-hybridized carbons (Fsp3) is 0.353. The average molecular weight is 371 g/mol. The van der Waals surface area contributed by atoms with Gasteiger partial charge in [-0.2, -0.15) is 9.61 Å². The highest BCUT2D eigenvalue weighted by molar-refractivity contribution is 7.15. The Morgan fingerprint density at radius 2 is 2.36 bits per heavy atom. The molecule has 0 aliphatic carbocycles. The highest BCUT2D eigenvalue weighted by atomic mass is 35.5. The highest BCUT2D eigenvalue weighted by Crippen LogP contribution is 2.38. The first-order valence-electron chi connectivity index (χ1n) is 8.27. The maximum absolute atomic E-state index is 9.27. The van der Waals surface area contributed by atoms with Crippen molar-refractivity contribution >= 4 is 35.3 Å². The molecule has 1 unspecified atom stereocenters. The number of fused-ring (bicyclic) bond motifs is 1. The molecule has 0 amide bonds. The van der Waals surface area contributed by atoms with E-state index >= 15 is 0 Å². The number of nitrogens with zero attached hydrogens (tertiary/aromatic N) is 4. The Labute approximate surface area is 155 Å². The molecular formula is C17H16BClN4OS. The van der Waals surface area contributed by atoms with Crippen molar-refractivity contribution in [1.82, 2.24) is 14.6 Å². The van der Waals surface area contributed by atoms with Crippen molar-refractivity contribution in [2.75, 3.05) is 7.11 Å². The lowest BCUT2D eigenvalue weighted by atomic mass is 9.41. The maximum atomic E-state index is 9.27. The molecule has 3 aromatic rings. The van der Waals surface area contributed by atoms with Crippen LogP contribution in [0.3, 0.4) is 0 Å². The molecule has 1 aliphatic heterocycles. The molecule has 5 nitrogen and oxygen atoms in total. The SMILES string of the molecule is COc1cc(C2CCCB(C#N)C2)nc2c(-c3ccsc3Cl)cnn12. The molecule has 4 rings (SSSR count). The number of aromatic nitrogens is 3. The number of ether oxygens (including phenoxy) is 1. The number of thiophene rings is 1. The predicted molar refractivity (Wildman–Crippen MR) is 101 cm³/mol. The van der Waals surface area contributed by atoms with E-state index in [0.717, 1.165) is 52.3 Å². The Bertz CT molecular complexity index is 963. The number of methoxy groups -OCH3 is 1. The van der Waals surface area contributed by atoms with Gasteiger partial charge in [0.2, 0.25) is 5.88 Å². The first kappa shape index (κ1) is 16.4. The smallest absolute Gasteiger partial charge is 0.268 e. The van der Waals surface area contributed by atoms with E-state index in [-0.39, 0.29) is 12.6 Å². The minimum Gasteiger partial charge on any atom is -0.481 e. The number of hydrogen-bond acceptors (Lipinski definition) is 5. The molecule has 0 bridgehead atoms. The van der Waals surface area contributed by atoms with E-state index in [4.69, 9.17) is 21.3 Å². The van der Waals surface area contributed by atoms with E-state index in [0.29, 0.717) is 5.88 Å². The van der Waals surface area contributed by atoms with Crippen LogP contribution >= 0.6 is 22.9 Å². The largest absolute Gasteiger partial charge is 0.481 e. The summed E-state index contributed by atoms with van der Waals surface area (Å²) in [4.78, 5) is 4.89. The summed E-state index contributed by atoms with van der Waals surface area (Å²) in [6, 6.07) is 3.93. The summed E-state index contributed by atoms with van der Waals surface area (Å²) in [5, 5.41) is 15.7. The lowest BCUT2D eigenvalue weighted by molar-refractivity contribution is 0.383. The highest BCUT2D eigenvalue weighted by Gasteiger charge is 2.28. The molecule has 126 valence electrons. The molecule has 25 heavy (non-hydrogen) atoms. The summed E-state index contributed by atoms with van der Waals surface area (Å²) in [5.74, 6) is 3.34. The van der Waals surface area contributed by atoms with Crippen LogP contribution in [0, 0.1) is 11.2 Å². The lowest BCUT2D eigenvalue weighted by Crippen LogP contribution is -2.21. The number of nitriles is 1. The van der Waals surface area contributed by atoms with Gasteiger partial charge in [0, 0.05) is 23.2 Å². The number of halogens is 1. The Hall–Kier alpha value is -2.04. The van der Waals surface area contributed by atoms with Crippen LogP contribution < -0.4 is 4.74 Å². The van der Waals surface area contributed by atoms with Crippen LogP contribution in [0.2, 0.25) is 17.0 Å². The van der Waals surface area contributed by atoms with Gasteiger partial charge >= 0.3 is 0 Å². The second-order valence-electron chi connectivity index (χ2n) is 6.31. The van der Waals surface area contributed by atoms with E-state index in [9.17, 15) is 5.26 Å². The van der Waals surface area contributed by atoms with E-state index in [1.165, 1.54) is 11.3 Å². The molecule has 1 saturated heterocycles. The standard InChI is InChI=1S/C17H16BClN4OS/c1-24-15-7-14(11-3-2-5-18(8-11)10-20)22-17-13(9-21-23(15)17)12-4-6-25-16(12)19/h4,6-7,9,11H,2-3,5,8H2,1H3. The van der Waals surface area contributed by atoms with Crippen molar-refractivity contribution in [3.63, 3.8) is 0 Å². The van der Waals surface area contributed by atoms with Crippen molar-refractivity contribution in [2.24, 2.45) is 0 Å².